The lowest BCUT2D eigenvalue weighted by atomic mass is 10.1. The van der Waals surface area contributed by atoms with Crippen LogP contribution in [0.5, 0.6) is 0 Å². The van der Waals surface area contributed by atoms with Crippen LogP contribution in [0.2, 0.25) is 0 Å². The number of anilines is 1. The number of rotatable bonds is 8. The number of ether oxygens (including phenoxy) is 1. The molecular formula is C16H26N2O2. The molecule has 0 aromatic heterocycles. The number of methoxy groups -OCH3 is 1. The van der Waals surface area contributed by atoms with Gasteiger partial charge in [0.05, 0.1) is 6.61 Å². The molecule has 0 fully saturated rings. The summed E-state index contributed by atoms with van der Waals surface area (Å²) >= 11 is 0. The summed E-state index contributed by atoms with van der Waals surface area (Å²) in [6.07, 6.45) is 0.839. The number of likely N-dealkylation sites (N-methyl/N-ethyl adjacent to an activating group) is 1. The fourth-order valence-electron chi connectivity index (χ4n) is 2.20. The first kappa shape index (κ1) is 16.5. The fraction of sp³-hybridized carbons (Fsp3) is 0.562. The van der Waals surface area contributed by atoms with Gasteiger partial charge in [0.25, 0.3) is 0 Å². The molecule has 1 unspecified atom stereocenters. The summed E-state index contributed by atoms with van der Waals surface area (Å²) in [5, 5.41) is 3.32. The largest absolute Gasteiger partial charge is 0.384 e. The third-order valence-corrected chi connectivity index (χ3v) is 3.41. The van der Waals surface area contributed by atoms with Gasteiger partial charge in [0.15, 0.2) is 0 Å². The Morgan fingerprint density at radius 2 is 1.95 bits per heavy atom. The Hall–Kier alpha value is -1.55. The SMILES string of the molecule is CCN(CC)C(=O)C(C)Nc1ccccc1CCOC. The summed E-state index contributed by atoms with van der Waals surface area (Å²) in [5.41, 5.74) is 2.19. The van der Waals surface area contributed by atoms with E-state index in [-0.39, 0.29) is 11.9 Å². The summed E-state index contributed by atoms with van der Waals surface area (Å²) in [6.45, 7) is 8.07. The summed E-state index contributed by atoms with van der Waals surface area (Å²) in [4.78, 5) is 14.1. The Bertz CT molecular complexity index is 417. The van der Waals surface area contributed by atoms with E-state index in [1.165, 1.54) is 5.56 Å². The van der Waals surface area contributed by atoms with Crippen molar-refractivity contribution in [3.63, 3.8) is 0 Å². The van der Waals surface area contributed by atoms with Crippen molar-refractivity contribution in [1.29, 1.82) is 0 Å². The number of para-hydroxylation sites is 1. The first-order valence-corrected chi connectivity index (χ1v) is 7.26. The zero-order chi connectivity index (χ0) is 15.0. The molecule has 0 aliphatic heterocycles. The van der Waals surface area contributed by atoms with Crippen molar-refractivity contribution < 1.29 is 9.53 Å². The van der Waals surface area contributed by atoms with E-state index in [1.54, 1.807) is 7.11 Å². The third kappa shape index (κ3) is 4.53. The molecule has 112 valence electrons. The number of benzene rings is 1. The van der Waals surface area contributed by atoms with Crippen molar-refractivity contribution in [3.8, 4) is 0 Å². The number of carbonyl (C=O) groups excluding carboxylic acids is 1. The molecule has 1 atom stereocenters. The highest BCUT2D eigenvalue weighted by Gasteiger charge is 2.18. The Labute approximate surface area is 122 Å². The van der Waals surface area contributed by atoms with Gasteiger partial charge < -0.3 is 15.0 Å². The normalized spacial score (nSPS) is 12.0. The van der Waals surface area contributed by atoms with E-state index < -0.39 is 0 Å². The standard InChI is InChI=1S/C16H26N2O2/c1-5-18(6-2)16(19)13(3)17-15-10-8-7-9-14(15)11-12-20-4/h7-10,13,17H,5-6,11-12H2,1-4H3. The molecule has 0 aliphatic rings. The van der Waals surface area contributed by atoms with E-state index in [4.69, 9.17) is 4.74 Å². The van der Waals surface area contributed by atoms with Crippen LogP contribution in [0.15, 0.2) is 24.3 Å². The second kappa shape index (κ2) is 8.59. The first-order valence-electron chi connectivity index (χ1n) is 7.26. The smallest absolute Gasteiger partial charge is 0.244 e. The van der Waals surface area contributed by atoms with Crippen molar-refractivity contribution in [2.45, 2.75) is 33.2 Å². The lowest BCUT2D eigenvalue weighted by Gasteiger charge is -2.25. The summed E-state index contributed by atoms with van der Waals surface area (Å²) in [7, 11) is 1.70. The molecule has 0 radical (unpaired) electrons. The topological polar surface area (TPSA) is 41.6 Å². The molecule has 1 amide bonds. The summed E-state index contributed by atoms with van der Waals surface area (Å²) < 4.78 is 5.12. The number of hydrogen-bond acceptors (Lipinski definition) is 3. The number of carbonyl (C=O) groups is 1. The lowest BCUT2D eigenvalue weighted by molar-refractivity contribution is -0.131. The maximum Gasteiger partial charge on any atom is 0.244 e. The summed E-state index contributed by atoms with van der Waals surface area (Å²) in [6, 6.07) is 7.84. The van der Waals surface area contributed by atoms with Crippen LogP contribution in [0.3, 0.4) is 0 Å². The van der Waals surface area contributed by atoms with E-state index in [0.29, 0.717) is 6.61 Å². The molecule has 0 aliphatic carbocycles. The zero-order valence-electron chi connectivity index (χ0n) is 13.0. The van der Waals surface area contributed by atoms with Crippen LogP contribution in [-0.2, 0) is 16.0 Å². The Balaban J connectivity index is 2.74. The molecule has 1 N–H and O–H groups in total. The molecular weight excluding hydrogens is 252 g/mol. The molecule has 0 bridgehead atoms. The van der Waals surface area contributed by atoms with Crippen molar-refractivity contribution in [2.75, 3.05) is 32.1 Å². The molecule has 0 heterocycles. The third-order valence-electron chi connectivity index (χ3n) is 3.41. The van der Waals surface area contributed by atoms with Gasteiger partial charge in [0.2, 0.25) is 5.91 Å². The van der Waals surface area contributed by atoms with Crippen LogP contribution in [0, 0.1) is 0 Å². The van der Waals surface area contributed by atoms with Crippen molar-refractivity contribution in [2.24, 2.45) is 0 Å². The zero-order valence-corrected chi connectivity index (χ0v) is 13.0. The van der Waals surface area contributed by atoms with Gasteiger partial charge in [-0.05, 0) is 38.8 Å². The second-order valence-corrected chi connectivity index (χ2v) is 4.78. The number of amides is 1. The van der Waals surface area contributed by atoms with Gasteiger partial charge in [-0.1, -0.05) is 18.2 Å². The maximum atomic E-state index is 12.3. The van der Waals surface area contributed by atoms with Crippen molar-refractivity contribution >= 4 is 11.6 Å². The molecule has 1 aromatic carbocycles. The second-order valence-electron chi connectivity index (χ2n) is 4.78. The van der Waals surface area contributed by atoms with Gasteiger partial charge in [0.1, 0.15) is 6.04 Å². The first-order chi connectivity index (χ1) is 9.63. The van der Waals surface area contributed by atoms with Gasteiger partial charge in [0, 0.05) is 25.9 Å². The van der Waals surface area contributed by atoms with Gasteiger partial charge in [-0.2, -0.15) is 0 Å². The van der Waals surface area contributed by atoms with E-state index in [9.17, 15) is 4.79 Å². The van der Waals surface area contributed by atoms with Crippen LogP contribution < -0.4 is 5.32 Å². The molecule has 20 heavy (non-hydrogen) atoms. The van der Waals surface area contributed by atoms with Crippen molar-refractivity contribution in [3.05, 3.63) is 29.8 Å². The average Bonchev–Trinajstić information content (AvgIpc) is 2.47. The van der Waals surface area contributed by atoms with Gasteiger partial charge in [-0.3, -0.25) is 4.79 Å². The number of nitrogens with one attached hydrogen (secondary N) is 1. The molecule has 4 heteroatoms. The predicted molar refractivity (Wildman–Crippen MR) is 83.0 cm³/mol. The van der Waals surface area contributed by atoms with Crippen molar-refractivity contribution in [1.82, 2.24) is 4.90 Å². The van der Waals surface area contributed by atoms with Gasteiger partial charge in [-0.25, -0.2) is 0 Å². The van der Waals surface area contributed by atoms with Crippen LogP contribution in [0.25, 0.3) is 0 Å². The van der Waals surface area contributed by atoms with Crippen LogP contribution in [0.4, 0.5) is 5.69 Å². The van der Waals surface area contributed by atoms with E-state index in [1.807, 2.05) is 43.9 Å². The van der Waals surface area contributed by atoms with Crippen LogP contribution in [-0.4, -0.2) is 43.7 Å². The maximum absolute atomic E-state index is 12.3. The minimum Gasteiger partial charge on any atom is -0.384 e. The highest BCUT2D eigenvalue weighted by atomic mass is 16.5. The minimum atomic E-state index is -0.224. The monoisotopic (exact) mass is 278 g/mol. The molecule has 1 aromatic rings. The molecule has 0 saturated carbocycles. The molecule has 0 saturated heterocycles. The average molecular weight is 278 g/mol. The van der Waals surface area contributed by atoms with Gasteiger partial charge >= 0.3 is 0 Å². The van der Waals surface area contributed by atoms with Crippen LogP contribution in [0.1, 0.15) is 26.3 Å². The fourth-order valence-corrected chi connectivity index (χ4v) is 2.20. The Kier molecular flexibility index (Phi) is 7.09. The predicted octanol–water partition coefficient (Wildman–Crippen LogP) is 2.54. The van der Waals surface area contributed by atoms with E-state index >= 15 is 0 Å². The molecule has 0 spiro atoms. The van der Waals surface area contributed by atoms with Gasteiger partial charge in [-0.15, -0.1) is 0 Å². The Morgan fingerprint density at radius 1 is 1.30 bits per heavy atom. The molecule has 1 rings (SSSR count). The lowest BCUT2D eigenvalue weighted by Crippen LogP contribution is -2.41. The molecule has 4 nitrogen and oxygen atoms in total. The minimum absolute atomic E-state index is 0.136. The van der Waals surface area contributed by atoms with E-state index in [0.717, 1.165) is 25.2 Å². The Morgan fingerprint density at radius 3 is 2.55 bits per heavy atom. The van der Waals surface area contributed by atoms with E-state index in [2.05, 4.69) is 11.4 Å². The quantitative estimate of drug-likeness (QED) is 0.794. The number of hydrogen-bond donors (Lipinski definition) is 1. The highest BCUT2D eigenvalue weighted by molar-refractivity contribution is 5.84. The van der Waals surface area contributed by atoms with Crippen LogP contribution >= 0.6 is 0 Å². The summed E-state index contributed by atoms with van der Waals surface area (Å²) in [5.74, 6) is 0.136. The highest BCUT2D eigenvalue weighted by Crippen LogP contribution is 2.17. The number of nitrogens with zero attached hydrogens (tertiary/aromatic N) is 1.